The summed E-state index contributed by atoms with van der Waals surface area (Å²) in [4.78, 5) is 0. The van der Waals surface area contributed by atoms with E-state index in [4.69, 9.17) is 5.73 Å². The van der Waals surface area contributed by atoms with Crippen molar-refractivity contribution >= 4 is 0 Å². The second kappa shape index (κ2) is 5.20. The molecule has 0 aliphatic rings. The van der Waals surface area contributed by atoms with Crippen LogP contribution in [0.4, 0.5) is 22.0 Å². The van der Waals surface area contributed by atoms with Crippen molar-refractivity contribution in [1.29, 1.82) is 0 Å². The molecule has 0 radical (unpaired) electrons. The highest BCUT2D eigenvalue weighted by molar-refractivity contribution is 5.22. The van der Waals surface area contributed by atoms with Gasteiger partial charge in [0.1, 0.15) is 0 Å². The Morgan fingerprint density at radius 2 is 1.95 bits per heavy atom. The van der Waals surface area contributed by atoms with Gasteiger partial charge in [-0.2, -0.15) is 18.3 Å². The first-order chi connectivity index (χ1) is 9.29. The molecule has 108 valence electrons. The molecule has 8 heteroatoms. The summed E-state index contributed by atoms with van der Waals surface area (Å²) in [5.74, 6) is -2.17. The van der Waals surface area contributed by atoms with Crippen molar-refractivity contribution in [2.75, 3.05) is 0 Å². The van der Waals surface area contributed by atoms with Gasteiger partial charge in [0.25, 0.3) is 0 Å². The largest absolute Gasteiger partial charge is 0.419 e. The molecule has 0 fully saturated rings. The zero-order chi connectivity index (χ0) is 14.9. The lowest BCUT2D eigenvalue weighted by Crippen LogP contribution is -2.19. The van der Waals surface area contributed by atoms with Crippen molar-refractivity contribution in [2.24, 2.45) is 5.73 Å². The molecule has 0 spiro atoms. The Bertz CT molecular complexity index is 605. The van der Waals surface area contributed by atoms with Gasteiger partial charge in [0.2, 0.25) is 0 Å². The van der Waals surface area contributed by atoms with E-state index < -0.39 is 29.4 Å². The highest BCUT2D eigenvalue weighted by Gasteiger charge is 2.32. The van der Waals surface area contributed by atoms with Gasteiger partial charge in [-0.15, -0.1) is 0 Å². The van der Waals surface area contributed by atoms with Crippen LogP contribution < -0.4 is 5.73 Å². The molecule has 1 atom stereocenters. The van der Waals surface area contributed by atoms with Gasteiger partial charge in [-0.1, -0.05) is 12.1 Å². The number of nitrogens with two attached hydrogens (primary N) is 1. The third-order valence-corrected chi connectivity index (χ3v) is 2.73. The van der Waals surface area contributed by atoms with Crippen molar-refractivity contribution < 1.29 is 22.0 Å². The van der Waals surface area contributed by atoms with Gasteiger partial charge in [0.05, 0.1) is 24.3 Å². The summed E-state index contributed by atoms with van der Waals surface area (Å²) in [6.07, 6.45) is -3.10. The fourth-order valence-electron chi connectivity index (χ4n) is 1.72. The van der Waals surface area contributed by atoms with Crippen LogP contribution >= 0.6 is 0 Å². The standard InChI is InChI=1S/C12H10F5N3/c13-9-3-1-2-8(11(9)14)10(18)6-20-5-7(4-19-20)12(15,16)17/h1-5,10H,6,18H2. The zero-order valence-electron chi connectivity index (χ0n) is 10.0. The van der Waals surface area contributed by atoms with Crippen LogP contribution in [0.3, 0.4) is 0 Å². The van der Waals surface area contributed by atoms with Crippen LogP contribution in [0, 0.1) is 11.6 Å². The second-order valence-corrected chi connectivity index (χ2v) is 4.20. The maximum absolute atomic E-state index is 13.5. The Hall–Kier alpha value is -1.96. The third-order valence-electron chi connectivity index (χ3n) is 2.73. The van der Waals surface area contributed by atoms with Crippen LogP contribution in [0.2, 0.25) is 0 Å². The molecule has 2 rings (SSSR count). The molecule has 1 aromatic carbocycles. The molecular weight excluding hydrogens is 281 g/mol. The monoisotopic (exact) mass is 291 g/mol. The molecule has 1 aromatic heterocycles. The van der Waals surface area contributed by atoms with Gasteiger partial charge < -0.3 is 5.73 Å². The number of nitrogens with zero attached hydrogens (tertiary/aromatic N) is 2. The van der Waals surface area contributed by atoms with Gasteiger partial charge in [-0.05, 0) is 6.07 Å². The summed E-state index contributed by atoms with van der Waals surface area (Å²) in [5.41, 5.74) is 4.62. The number of hydrogen-bond acceptors (Lipinski definition) is 2. The average molecular weight is 291 g/mol. The van der Waals surface area contributed by atoms with E-state index in [0.717, 1.165) is 16.9 Å². The van der Waals surface area contributed by atoms with E-state index in [1.807, 2.05) is 0 Å². The lowest BCUT2D eigenvalue weighted by molar-refractivity contribution is -0.137. The first-order valence-corrected chi connectivity index (χ1v) is 5.58. The fourth-order valence-corrected chi connectivity index (χ4v) is 1.72. The Morgan fingerprint density at radius 1 is 1.25 bits per heavy atom. The Balaban J connectivity index is 2.18. The summed E-state index contributed by atoms with van der Waals surface area (Å²) < 4.78 is 64.6. The van der Waals surface area contributed by atoms with Gasteiger partial charge in [-0.25, -0.2) is 8.78 Å². The smallest absolute Gasteiger partial charge is 0.322 e. The van der Waals surface area contributed by atoms with Gasteiger partial charge in [0.15, 0.2) is 11.6 Å². The summed E-state index contributed by atoms with van der Waals surface area (Å²) in [5, 5.41) is 3.50. The maximum Gasteiger partial charge on any atom is 0.419 e. The molecule has 3 nitrogen and oxygen atoms in total. The van der Waals surface area contributed by atoms with E-state index in [1.54, 1.807) is 0 Å². The first-order valence-electron chi connectivity index (χ1n) is 5.58. The van der Waals surface area contributed by atoms with E-state index >= 15 is 0 Å². The number of rotatable bonds is 3. The fraction of sp³-hybridized carbons (Fsp3) is 0.250. The highest BCUT2D eigenvalue weighted by atomic mass is 19.4. The molecule has 0 aliphatic heterocycles. The number of hydrogen-bond donors (Lipinski definition) is 1. The van der Waals surface area contributed by atoms with Crippen LogP contribution in [0.1, 0.15) is 17.2 Å². The topological polar surface area (TPSA) is 43.8 Å². The zero-order valence-corrected chi connectivity index (χ0v) is 10.0. The Labute approximate surface area is 110 Å². The minimum absolute atomic E-state index is 0.117. The van der Waals surface area contributed by atoms with Crippen molar-refractivity contribution in [2.45, 2.75) is 18.8 Å². The molecule has 0 amide bonds. The van der Waals surface area contributed by atoms with E-state index in [2.05, 4.69) is 5.10 Å². The van der Waals surface area contributed by atoms with Crippen LogP contribution in [0.25, 0.3) is 0 Å². The van der Waals surface area contributed by atoms with E-state index in [9.17, 15) is 22.0 Å². The summed E-state index contributed by atoms with van der Waals surface area (Å²) in [6.45, 7) is -0.198. The van der Waals surface area contributed by atoms with E-state index in [1.165, 1.54) is 12.1 Å². The Morgan fingerprint density at radius 3 is 2.55 bits per heavy atom. The number of benzene rings is 1. The summed E-state index contributed by atoms with van der Waals surface area (Å²) in [6, 6.07) is 2.47. The molecule has 0 saturated carbocycles. The second-order valence-electron chi connectivity index (χ2n) is 4.20. The molecule has 2 N–H and O–H groups in total. The van der Waals surface area contributed by atoms with Gasteiger partial charge in [-0.3, -0.25) is 4.68 Å². The molecule has 20 heavy (non-hydrogen) atoms. The lowest BCUT2D eigenvalue weighted by atomic mass is 10.1. The van der Waals surface area contributed by atoms with Crippen LogP contribution in [-0.4, -0.2) is 9.78 Å². The third kappa shape index (κ3) is 2.96. The number of alkyl halides is 3. The molecule has 0 bridgehead atoms. The van der Waals surface area contributed by atoms with E-state index in [0.29, 0.717) is 6.20 Å². The summed E-state index contributed by atoms with van der Waals surface area (Å²) in [7, 11) is 0. The van der Waals surface area contributed by atoms with Crippen molar-refractivity contribution in [3.63, 3.8) is 0 Å². The molecule has 1 heterocycles. The van der Waals surface area contributed by atoms with Crippen molar-refractivity contribution in [1.82, 2.24) is 9.78 Å². The predicted octanol–water partition coefficient (Wildman–Crippen LogP) is 2.88. The molecule has 2 aromatic rings. The van der Waals surface area contributed by atoms with Crippen molar-refractivity contribution in [3.05, 3.63) is 53.4 Å². The highest BCUT2D eigenvalue weighted by Crippen LogP contribution is 2.28. The SMILES string of the molecule is NC(Cn1cc(C(F)(F)F)cn1)c1cccc(F)c1F. The normalized spacial score (nSPS) is 13.5. The lowest BCUT2D eigenvalue weighted by Gasteiger charge is -2.13. The average Bonchev–Trinajstić information content (AvgIpc) is 2.81. The van der Waals surface area contributed by atoms with Crippen molar-refractivity contribution in [3.8, 4) is 0 Å². The first kappa shape index (κ1) is 14.4. The molecular formula is C12H10F5N3. The summed E-state index contributed by atoms with van der Waals surface area (Å²) >= 11 is 0. The minimum atomic E-state index is -4.51. The van der Waals surface area contributed by atoms with Crippen LogP contribution in [0.15, 0.2) is 30.6 Å². The molecule has 0 saturated heterocycles. The van der Waals surface area contributed by atoms with Gasteiger partial charge in [0, 0.05) is 11.8 Å². The number of aromatic nitrogens is 2. The predicted molar refractivity (Wildman–Crippen MR) is 60.5 cm³/mol. The maximum atomic E-state index is 13.5. The Kier molecular flexibility index (Phi) is 3.76. The minimum Gasteiger partial charge on any atom is -0.322 e. The quantitative estimate of drug-likeness (QED) is 0.884. The van der Waals surface area contributed by atoms with Crippen LogP contribution in [0.5, 0.6) is 0 Å². The van der Waals surface area contributed by atoms with E-state index in [-0.39, 0.29) is 12.1 Å². The number of halogens is 5. The van der Waals surface area contributed by atoms with Crippen LogP contribution in [-0.2, 0) is 12.7 Å². The molecule has 1 unspecified atom stereocenters. The van der Waals surface area contributed by atoms with Gasteiger partial charge >= 0.3 is 6.18 Å². The molecule has 0 aliphatic carbocycles.